The molecule has 0 spiro atoms. The molecule has 3 rings (SSSR count). The highest BCUT2D eigenvalue weighted by molar-refractivity contribution is 5.94. The van der Waals surface area contributed by atoms with Crippen LogP contribution in [0.3, 0.4) is 0 Å². The van der Waals surface area contributed by atoms with Crippen LogP contribution < -0.4 is 14.9 Å². The Hall–Kier alpha value is -3.87. The van der Waals surface area contributed by atoms with Crippen LogP contribution >= 0.6 is 0 Å². The number of hydrazone groups is 1. The molecule has 0 radical (unpaired) electrons. The Balaban J connectivity index is 1.68. The number of furan rings is 1. The van der Waals surface area contributed by atoms with Crippen molar-refractivity contribution >= 4 is 18.1 Å². The summed E-state index contributed by atoms with van der Waals surface area (Å²) in [4.78, 5) is 24.1. The summed E-state index contributed by atoms with van der Waals surface area (Å²) in [7, 11) is 1.55. The molecule has 0 saturated heterocycles. The van der Waals surface area contributed by atoms with E-state index in [1.54, 1.807) is 61.7 Å². The third kappa shape index (κ3) is 4.60. The number of para-hydroxylation sites is 1. The van der Waals surface area contributed by atoms with Gasteiger partial charge in [0.25, 0.3) is 0 Å². The van der Waals surface area contributed by atoms with Crippen LogP contribution in [0.2, 0.25) is 0 Å². The summed E-state index contributed by atoms with van der Waals surface area (Å²) in [6.07, 6.45) is 2.78. The summed E-state index contributed by atoms with van der Waals surface area (Å²) < 4.78 is 15.5. The molecule has 7 nitrogen and oxygen atoms in total. The quantitative estimate of drug-likeness (QED) is 0.314. The van der Waals surface area contributed by atoms with Crippen molar-refractivity contribution in [3.8, 4) is 11.5 Å². The van der Waals surface area contributed by atoms with Crippen molar-refractivity contribution in [3.05, 3.63) is 83.8 Å². The topological polar surface area (TPSA) is 90.1 Å². The van der Waals surface area contributed by atoms with Crippen molar-refractivity contribution in [2.45, 2.75) is 0 Å². The second kappa shape index (κ2) is 8.48. The third-order valence-corrected chi connectivity index (χ3v) is 3.56. The Morgan fingerprint density at radius 3 is 2.52 bits per heavy atom. The molecule has 2 aromatic carbocycles. The molecule has 136 valence electrons. The molecule has 1 N–H and O–H groups in total. The van der Waals surface area contributed by atoms with Crippen molar-refractivity contribution < 1.29 is 23.5 Å². The molecule has 0 atom stereocenters. The third-order valence-electron chi connectivity index (χ3n) is 3.56. The second-order valence-electron chi connectivity index (χ2n) is 5.33. The van der Waals surface area contributed by atoms with Gasteiger partial charge in [-0.25, -0.2) is 10.2 Å². The number of methoxy groups -OCH3 is 1. The highest BCUT2D eigenvalue weighted by Gasteiger charge is 2.11. The first kappa shape index (κ1) is 17.9. The lowest BCUT2D eigenvalue weighted by molar-refractivity contribution is 0.0734. The summed E-state index contributed by atoms with van der Waals surface area (Å²) in [5.74, 6) is 0.106. The van der Waals surface area contributed by atoms with Gasteiger partial charge in [0.2, 0.25) is 0 Å². The van der Waals surface area contributed by atoms with E-state index in [-0.39, 0.29) is 5.76 Å². The Bertz CT molecular complexity index is 947. The minimum Gasteiger partial charge on any atom is -0.497 e. The minimum atomic E-state index is -0.516. The van der Waals surface area contributed by atoms with Crippen LogP contribution in [0.4, 0.5) is 0 Å². The van der Waals surface area contributed by atoms with Gasteiger partial charge in [-0.3, -0.25) is 4.79 Å². The van der Waals surface area contributed by atoms with Crippen molar-refractivity contribution in [2.75, 3.05) is 7.11 Å². The summed E-state index contributed by atoms with van der Waals surface area (Å²) in [6, 6.07) is 16.5. The number of nitrogens with zero attached hydrogens (tertiary/aromatic N) is 1. The highest BCUT2D eigenvalue weighted by Crippen LogP contribution is 2.19. The molecule has 0 aliphatic heterocycles. The summed E-state index contributed by atoms with van der Waals surface area (Å²) in [5, 5.41) is 3.87. The monoisotopic (exact) mass is 364 g/mol. The van der Waals surface area contributed by atoms with E-state index in [0.717, 1.165) is 0 Å². The van der Waals surface area contributed by atoms with Crippen molar-refractivity contribution in [1.29, 1.82) is 0 Å². The molecule has 0 fully saturated rings. The van der Waals surface area contributed by atoms with E-state index in [2.05, 4.69) is 10.5 Å². The maximum atomic E-state index is 12.3. The van der Waals surface area contributed by atoms with Crippen LogP contribution in [0.5, 0.6) is 11.5 Å². The normalized spacial score (nSPS) is 10.6. The smallest absolute Gasteiger partial charge is 0.343 e. The molecule has 27 heavy (non-hydrogen) atoms. The van der Waals surface area contributed by atoms with E-state index in [0.29, 0.717) is 22.6 Å². The van der Waals surface area contributed by atoms with Gasteiger partial charge in [-0.05, 0) is 48.5 Å². The van der Waals surface area contributed by atoms with E-state index >= 15 is 0 Å². The van der Waals surface area contributed by atoms with Gasteiger partial charge in [0.15, 0.2) is 5.76 Å². The molecule has 0 aliphatic rings. The van der Waals surface area contributed by atoms with Crippen LogP contribution in [0.1, 0.15) is 26.5 Å². The lowest BCUT2D eigenvalue weighted by Gasteiger charge is -2.07. The molecule has 0 saturated carbocycles. The molecule has 7 heteroatoms. The first-order chi connectivity index (χ1) is 13.2. The standard InChI is InChI=1S/C20H16N2O5/c1-25-16-10-8-14(9-11-16)20(24)27-17-6-3-2-5-15(17)13-21-22-19(23)18-7-4-12-26-18/h2-13H,1H3,(H,22,23)/b21-13-. The molecule has 0 aliphatic carbocycles. The van der Waals surface area contributed by atoms with E-state index < -0.39 is 11.9 Å². The van der Waals surface area contributed by atoms with Gasteiger partial charge in [0.05, 0.1) is 25.2 Å². The van der Waals surface area contributed by atoms with Crippen LogP contribution in [0.15, 0.2) is 76.4 Å². The number of hydrogen-bond acceptors (Lipinski definition) is 6. The molecule has 1 amide bonds. The van der Waals surface area contributed by atoms with Gasteiger partial charge in [0.1, 0.15) is 11.5 Å². The Labute approximate surface area is 155 Å². The number of nitrogens with one attached hydrogen (secondary N) is 1. The molecular weight excluding hydrogens is 348 g/mol. The van der Waals surface area contributed by atoms with Crippen molar-refractivity contribution in [2.24, 2.45) is 5.10 Å². The largest absolute Gasteiger partial charge is 0.497 e. The Kier molecular flexibility index (Phi) is 5.64. The maximum absolute atomic E-state index is 12.3. The number of benzene rings is 2. The van der Waals surface area contributed by atoms with Gasteiger partial charge in [-0.1, -0.05) is 12.1 Å². The number of amides is 1. The van der Waals surface area contributed by atoms with E-state index in [9.17, 15) is 9.59 Å². The first-order valence-corrected chi connectivity index (χ1v) is 7.99. The zero-order chi connectivity index (χ0) is 19.1. The summed E-state index contributed by atoms with van der Waals surface area (Å²) >= 11 is 0. The molecule has 3 aromatic rings. The Morgan fingerprint density at radius 2 is 1.81 bits per heavy atom. The lowest BCUT2D eigenvalue weighted by Crippen LogP contribution is -2.17. The van der Waals surface area contributed by atoms with Crippen LogP contribution in [-0.4, -0.2) is 25.2 Å². The maximum Gasteiger partial charge on any atom is 0.343 e. The second-order valence-corrected chi connectivity index (χ2v) is 5.33. The van der Waals surface area contributed by atoms with Crippen LogP contribution in [-0.2, 0) is 0 Å². The molecule has 1 aromatic heterocycles. The minimum absolute atomic E-state index is 0.145. The number of carbonyl (C=O) groups excluding carboxylic acids is 2. The highest BCUT2D eigenvalue weighted by atomic mass is 16.5. The van der Waals surface area contributed by atoms with E-state index in [1.165, 1.54) is 18.5 Å². The fourth-order valence-corrected chi connectivity index (χ4v) is 2.19. The van der Waals surface area contributed by atoms with Crippen LogP contribution in [0.25, 0.3) is 0 Å². The average Bonchev–Trinajstić information content (AvgIpc) is 3.24. The SMILES string of the molecule is COc1ccc(C(=O)Oc2ccccc2/C=N\NC(=O)c2ccco2)cc1. The zero-order valence-electron chi connectivity index (χ0n) is 14.4. The number of ether oxygens (including phenoxy) is 2. The summed E-state index contributed by atoms with van der Waals surface area (Å²) in [6.45, 7) is 0. The fourth-order valence-electron chi connectivity index (χ4n) is 2.19. The van der Waals surface area contributed by atoms with Crippen molar-refractivity contribution in [3.63, 3.8) is 0 Å². The molecule has 0 bridgehead atoms. The molecule has 0 unspecified atom stereocenters. The van der Waals surface area contributed by atoms with E-state index in [1.807, 2.05) is 0 Å². The number of rotatable bonds is 6. The number of carbonyl (C=O) groups is 2. The molecule has 1 heterocycles. The Morgan fingerprint density at radius 1 is 1.04 bits per heavy atom. The van der Waals surface area contributed by atoms with Crippen molar-refractivity contribution in [1.82, 2.24) is 5.43 Å². The van der Waals surface area contributed by atoms with Gasteiger partial charge < -0.3 is 13.9 Å². The predicted octanol–water partition coefficient (Wildman–Crippen LogP) is 3.27. The number of hydrogen-bond donors (Lipinski definition) is 1. The van der Waals surface area contributed by atoms with E-state index in [4.69, 9.17) is 13.9 Å². The van der Waals surface area contributed by atoms with Gasteiger partial charge in [-0.2, -0.15) is 5.10 Å². The molecular formula is C20H16N2O5. The van der Waals surface area contributed by atoms with Crippen LogP contribution in [0, 0.1) is 0 Å². The summed E-state index contributed by atoms with van der Waals surface area (Å²) in [5.41, 5.74) is 3.25. The fraction of sp³-hybridized carbons (Fsp3) is 0.0500. The number of esters is 1. The van der Waals surface area contributed by atoms with Gasteiger partial charge in [0, 0.05) is 5.56 Å². The first-order valence-electron chi connectivity index (χ1n) is 7.99. The van der Waals surface area contributed by atoms with Gasteiger partial charge in [-0.15, -0.1) is 0 Å². The predicted molar refractivity (Wildman–Crippen MR) is 98.2 cm³/mol. The van der Waals surface area contributed by atoms with Gasteiger partial charge >= 0.3 is 11.9 Å². The lowest BCUT2D eigenvalue weighted by atomic mass is 10.2. The average molecular weight is 364 g/mol. The zero-order valence-corrected chi connectivity index (χ0v) is 14.4.